The highest BCUT2D eigenvalue weighted by molar-refractivity contribution is 6.31. The zero-order valence-electron chi connectivity index (χ0n) is 8.53. The van der Waals surface area contributed by atoms with Crippen LogP contribution in [-0.4, -0.2) is 19.0 Å². The second-order valence-corrected chi connectivity index (χ2v) is 4.25. The van der Waals surface area contributed by atoms with Crippen molar-refractivity contribution in [3.8, 4) is 0 Å². The molecule has 0 aromatic heterocycles. The standard InChI is InChI=1S/C11H13ClN2O/c1-14-10-6-8(12)4-2-7(10)3-5-9(13)11(14)15/h2,4,6,9H,3,5,13H2,1H3. The van der Waals surface area contributed by atoms with Gasteiger partial charge in [-0.1, -0.05) is 17.7 Å². The van der Waals surface area contributed by atoms with Gasteiger partial charge in [0.25, 0.3) is 0 Å². The fraction of sp³-hybridized carbons (Fsp3) is 0.364. The van der Waals surface area contributed by atoms with E-state index in [1.807, 2.05) is 18.2 Å². The number of amides is 1. The molecule has 1 aromatic carbocycles. The average Bonchev–Trinajstić information content (AvgIpc) is 2.32. The van der Waals surface area contributed by atoms with Crippen molar-refractivity contribution in [2.24, 2.45) is 5.73 Å². The number of anilines is 1. The summed E-state index contributed by atoms with van der Waals surface area (Å²) in [7, 11) is 1.74. The van der Waals surface area contributed by atoms with Gasteiger partial charge in [0, 0.05) is 17.8 Å². The van der Waals surface area contributed by atoms with Crippen LogP contribution in [0, 0.1) is 0 Å². The van der Waals surface area contributed by atoms with E-state index in [-0.39, 0.29) is 5.91 Å². The number of nitrogens with two attached hydrogens (primary N) is 1. The van der Waals surface area contributed by atoms with Crippen LogP contribution in [0.25, 0.3) is 0 Å². The first kappa shape index (κ1) is 10.5. The highest BCUT2D eigenvalue weighted by atomic mass is 35.5. The molecule has 3 nitrogen and oxygen atoms in total. The maximum absolute atomic E-state index is 11.8. The zero-order chi connectivity index (χ0) is 11.0. The molecule has 0 fully saturated rings. The lowest BCUT2D eigenvalue weighted by atomic mass is 10.1. The molecule has 4 heteroatoms. The molecular formula is C11H13ClN2O. The van der Waals surface area contributed by atoms with Crippen LogP contribution >= 0.6 is 11.6 Å². The fourth-order valence-electron chi connectivity index (χ4n) is 1.86. The van der Waals surface area contributed by atoms with Crippen LogP contribution in [0.15, 0.2) is 18.2 Å². The third-order valence-electron chi connectivity index (χ3n) is 2.78. The monoisotopic (exact) mass is 224 g/mol. The van der Waals surface area contributed by atoms with Crippen LogP contribution in [-0.2, 0) is 11.2 Å². The Bertz CT molecular complexity index is 406. The Morgan fingerprint density at radius 1 is 1.53 bits per heavy atom. The van der Waals surface area contributed by atoms with Gasteiger partial charge < -0.3 is 10.6 Å². The van der Waals surface area contributed by atoms with Crippen LogP contribution in [0.1, 0.15) is 12.0 Å². The van der Waals surface area contributed by atoms with Crippen molar-refractivity contribution >= 4 is 23.2 Å². The van der Waals surface area contributed by atoms with Crippen LogP contribution in [0.2, 0.25) is 5.02 Å². The minimum Gasteiger partial charge on any atom is -0.320 e. The molecule has 15 heavy (non-hydrogen) atoms. The van der Waals surface area contributed by atoms with Crippen molar-refractivity contribution in [3.63, 3.8) is 0 Å². The largest absolute Gasteiger partial charge is 0.320 e. The zero-order valence-corrected chi connectivity index (χ0v) is 9.29. The van der Waals surface area contributed by atoms with E-state index in [2.05, 4.69) is 0 Å². The highest BCUT2D eigenvalue weighted by Crippen LogP contribution is 2.28. The number of aryl methyl sites for hydroxylation is 1. The Hall–Kier alpha value is -1.06. The molecule has 2 N–H and O–H groups in total. The molecule has 1 unspecified atom stereocenters. The summed E-state index contributed by atoms with van der Waals surface area (Å²) in [5.74, 6) is -0.0454. The molecule has 1 amide bonds. The molecule has 0 saturated carbocycles. The number of benzene rings is 1. The number of nitrogens with zero attached hydrogens (tertiary/aromatic N) is 1. The first-order chi connectivity index (χ1) is 7.09. The second-order valence-electron chi connectivity index (χ2n) is 3.82. The summed E-state index contributed by atoms with van der Waals surface area (Å²) < 4.78 is 0. The molecule has 0 aliphatic carbocycles. The third kappa shape index (κ3) is 1.85. The summed E-state index contributed by atoms with van der Waals surface area (Å²) in [6.07, 6.45) is 1.52. The van der Waals surface area contributed by atoms with Crippen LogP contribution in [0.4, 0.5) is 5.69 Å². The van der Waals surface area contributed by atoms with E-state index in [1.54, 1.807) is 11.9 Å². The van der Waals surface area contributed by atoms with E-state index in [0.717, 1.165) is 17.7 Å². The molecular weight excluding hydrogens is 212 g/mol. The molecule has 2 rings (SSSR count). The molecule has 0 spiro atoms. The summed E-state index contributed by atoms with van der Waals surface area (Å²) in [5.41, 5.74) is 7.77. The summed E-state index contributed by atoms with van der Waals surface area (Å²) >= 11 is 5.91. The fourth-order valence-corrected chi connectivity index (χ4v) is 2.03. The topological polar surface area (TPSA) is 46.3 Å². The van der Waals surface area contributed by atoms with Crippen molar-refractivity contribution in [3.05, 3.63) is 28.8 Å². The van der Waals surface area contributed by atoms with Gasteiger partial charge in [-0.15, -0.1) is 0 Å². The Balaban J connectivity index is 2.48. The lowest BCUT2D eigenvalue weighted by Crippen LogP contribution is -2.40. The number of rotatable bonds is 0. The van der Waals surface area contributed by atoms with Gasteiger partial charge in [0.15, 0.2) is 0 Å². The van der Waals surface area contributed by atoms with Crippen molar-refractivity contribution < 1.29 is 4.79 Å². The summed E-state index contributed by atoms with van der Waals surface area (Å²) in [4.78, 5) is 13.4. The normalized spacial score (nSPS) is 21.1. The molecule has 1 heterocycles. The Labute approximate surface area is 93.8 Å². The molecule has 1 aliphatic heterocycles. The van der Waals surface area contributed by atoms with E-state index in [9.17, 15) is 4.79 Å². The molecule has 80 valence electrons. The van der Waals surface area contributed by atoms with Crippen LogP contribution in [0.3, 0.4) is 0 Å². The minimum absolute atomic E-state index is 0.0454. The Morgan fingerprint density at radius 3 is 3.00 bits per heavy atom. The molecule has 0 bridgehead atoms. The smallest absolute Gasteiger partial charge is 0.243 e. The highest BCUT2D eigenvalue weighted by Gasteiger charge is 2.25. The van der Waals surface area contributed by atoms with E-state index < -0.39 is 6.04 Å². The Kier molecular flexibility index (Phi) is 2.67. The van der Waals surface area contributed by atoms with Gasteiger partial charge in [-0.05, 0) is 30.5 Å². The van der Waals surface area contributed by atoms with E-state index in [4.69, 9.17) is 17.3 Å². The molecule has 1 atom stereocenters. The van der Waals surface area contributed by atoms with E-state index >= 15 is 0 Å². The summed E-state index contributed by atoms with van der Waals surface area (Å²) in [6.45, 7) is 0. The lowest BCUT2D eigenvalue weighted by molar-refractivity contribution is -0.119. The molecule has 0 saturated heterocycles. The first-order valence-corrected chi connectivity index (χ1v) is 5.29. The van der Waals surface area contributed by atoms with Crippen molar-refractivity contribution in [2.75, 3.05) is 11.9 Å². The first-order valence-electron chi connectivity index (χ1n) is 4.91. The molecule has 1 aliphatic rings. The van der Waals surface area contributed by atoms with Gasteiger partial charge in [-0.3, -0.25) is 4.79 Å². The van der Waals surface area contributed by atoms with Gasteiger partial charge in [0.2, 0.25) is 5.91 Å². The molecule has 1 aromatic rings. The predicted octanol–water partition coefficient (Wildman–Crippen LogP) is 1.58. The van der Waals surface area contributed by atoms with Gasteiger partial charge in [0.1, 0.15) is 0 Å². The van der Waals surface area contributed by atoms with E-state index in [1.165, 1.54) is 0 Å². The maximum Gasteiger partial charge on any atom is 0.243 e. The number of fused-ring (bicyclic) bond motifs is 1. The number of hydrogen-bond donors (Lipinski definition) is 1. The summed E-state index contributed by atoms with van der Waals surface area (Å²) in [5, 5.41) is 0.642. The number of carbonyl (C=O) groups is 1. The lowest BCUT2D eigenvalue weighted by Gasteiger charge is -2.19. The summed E-state index contributed by atoms with van der Waals surface area (Å²) in [6, 6.07) is 5.21. The Morgan fingerprint density at radius 2 is 2.27 bits per heavy atom. The van der Waals surface area contributed by atoms with Crippen molar-refractivity contribution in [2.45, 2.75) is 18.9 Å². The molecule has 0 radical (unpaired) electrons. The number of hydrogen-bond acceptors (Lipinski definition) is 2. The quantitative estimate of drug-likeness (QED) is 0.727. The van der Waals surface area contributed by atoms with Crippen LogP contribution in [0.5, 0.6) is 0 Å². The minimum atomic E-state index is -0.402. The average molecular weight is 225 g/mol. The van der Waals surface area contributed by atoms with E-state index in [0.29, 0.717) is 11.4 Å². The second kappa shape index (κ2) is 3.83. The number of halogens is 1. The SMILES string of the molecule is CN1C(=O)C(N)CCc2ccc(Cl)cc21. The van der Waals surface area contributed by atoms with Gasteiger partial charge >= 0.3 is 0 Å². The van der Waals surface area contributed by atoms with Crippen LogP contribution < -0.4 is 10.6 Å². The maximum atomic E-state index is 11.8. The van der Waals surface area contributed by atoms with Crippen molar-refractivity contribution in [1.82, 2.24) is 0 Å². The van der Waals surface area contributed by atoms with Gasteiger partial charge in [-0.25, -0.2) is 0 Å². The van der Waals surface area contributed by atoms with Crippen molar-refractivity contribution in [1.29, 1.82) is 0 Å². The third-order valence-corrected chi connectivity index (χ3v) is 3.02. The van der Waals surface area contributed by atoms with Gasteiger partial charge in [-0.2, -0.15) is 0 Å². The number of carbonyl (C=O) groups excluding carboxylic acids is 1. The number of likely N-dealkylation sites (N-methyl/N-ethyl adjacent to an activating group) is 1. The predicted molar refractivity (Wildman–Crippen MR) is 61.2 cm³/mol. The van der Waals surface area contributed by atoms with Gasteiger partial charge in [0.05, 0.1) is 6.04 Å².